The van der Waals surface area contributed by atoms with Crippen LogP contribution < -0.4 is 0 Å². The van der Waals surface area contributed by atoms with Crippen molar-refractivity contribution in [3.05, 3.63) is 59.9 Å². The Morgan fingerprint density at radius 1 is 1.23 bits per heavy atom. The van der Waals surface area contributed by atoms with Crippen molar-refractivity contribution < 1.29 is 9.53 Å². The van der Waals surface area contributed by atoms with Crippen molar-refractivity contribution in [3.63, 3.8) is 0 Å². The highest BCUT2D eigenvalue weighted by Crippen LogP contribution is 2.23. The Morgan fingerprint density at radius 2 is 2.04 bits per heavy atom. The Hall–Kier alpha value is -2.66. The zero-order valence-electron chi connectivity index (χ0n) is 15.2. The molecule has 0 aliphatic carbocycles. The molecule has 3 aromatic rings. The van der Waals surface area contributed by atoms with Crippen LogP contribution in [-0.2, 0) is 4.74 Å². The van der Waals surface area contributed by atoms with Crippen LogP contribution in [0.5, 0.6) is 0 Å². The molecule has 26 heavy (non-hydrogen) atoms. The molecule has 1 saturated heterocycles. The molecule has 2 aromatic carbocycles. The van der Waals surface area contributed by atoms with Crippen LogP contribution in [0.3, 0.4) is 0 Å². The van der Waals surface area contributed by atoms with Crippen molar-refractivity contribution in [2.24, 2.45) is 0 Å². The van der Waals surface area contributed by atoms with Crippen molar-refractivity contribution in [3.8, 4) is 5.69 Å². The van der Waals surface area contributed by atoms with E-state index in [2.05, 4.69) is 28.6 Å². The Labute approximate surface area is 153 Å². The van der Waals surface area contributed by atoms with Gasteiger partial charge in [0.2, 0.25) is 0 Å². The normalized spacial score (nSPS) is 17.6. The average Bonchev–Trinajstić information content (AvgIpc) is 3.03. The second kappa shape index (κ2) is 6.92. The third kappa shape index (κ3) is 2.99. The monoisotopic (exact) mass is 349 g/mol. The summed E-state index contributed by atoms with van der Waals surface area (Å²) in [6.07, 6.45) is 1.06. The largest absolute Gasteiger partial charge is 0.375 e. The fraction of sp³-hybridized carbons (Fsp3) is 0.333. The number of ether oxygens (including phenoxy) is 1. The van der Waals surface area contributed by atoms with E-state index in [1.165, 1.54) is 0 Å². The van der Waals surface area contributed by atoms with Gasteiger partial charge in [-0.1, -0.05) is 25.1 Å². The summed E-state index contributed by atoms with van der Waals surface area (Å²) in [6, 6.07) is 16.0. The number of imidazole rings is 1. The van der Waals surface area contributed by atoms with Crippen molar-refractivity contribution >= 4 is 16.9 Å². The lowest BCUT2D eigenvalue weighted by atomic mass is 10.1. The van der Waals surface area contributed by atoms with Crippen LogP contribution in [0.25, 0.3) is 16.7 Å². The molecule has 1 aliphatic rings. The number of carbonyl (C=O) groups excluding carboxylic acids is 1. The maximum Gasteiger partial charge on any atom is 0.254 e. The van der Waals surface area contributed by atoms with Crippen LogP contribution >= 0.6 is 0 Å². The zero-order valence-corrected chi connectivity index (χ0v) is 15.2. The Kier molecular flexibility index (Phi) is 4.47. The van der Waals surface area contributed by atoms with Gasteiger partial charge in [0.05, 0.1) is 23.7 Å². The lowest BCUT2D eigenvalue weighted by Gasteiger charge is -2.32. The van der Waals surface area contributed by atoms with Crippen LogP contribution in [0, 0.1) is 6.92 Å². The number of morpholine rings is 1. The van der Waals surface area contributed by atoms with Crippen LogP contribution in [0.4, 0.5) is 0 Å². The Bertz CT molecular complexity index is 933. The SMILES string of the molecule is CCC1CN(C(=O)c2ccc3c(c2)nc(C)n3-c2ccccc2)CCO1. The van der Waals surface area contributed by atoms with Gasteiger partial charge < -0.3 is 9.64 Å². The molecule has 134 valence electrons. The lowest BCUT2D eigenvalue weighted by Crippen LogP contribution is -2.45. The Balaban J connectivity index is 1.67. The number of carbonyl (C=O) groups is 1. The number of rotatable bonds is 3. The smallest absolute Gasteiger partial charge is 0.254 e. The van der Waals surface area contributed by atoms with E-state index in [-0.39, 0.29) is 12.0 Å². The first kappa shape index (κ1) is 16.8. The highest BCUT2D eigenvalue weighted by molar-refractivity contribution is 5.97. The third-order valence-electron chi connectivity index (χ3n) is 4.96. The molecule has 1 atom stereocenters. The van der Waals surface area contributed by atoms with Gasteiger partial charge in [-0.25, -0.2) is 4.98 Å². The fourth-order valence-corrected chi connectivity index (χ4v) is 3.57. The van der Waals surface area contributed by atoms with Gasteiger partial charge in [-0.15, -0.1) is 0 Å². The van der Waals surface area contributed by atoms with E-state index in [1.807, 2.05) is 48.2 Å². The van der Waals surface area contributed by atoms with E-state index in [9.17, 15) is 4.79 Å². The van der Waals surface area contributed by atoms with Gasteiger partial charge in [0.15, 0.2) is 0 Å². The number of hydrogen-bond acceptors (Lipinski definition) is 3. The van der Waals surface area contributed by atoms with Crippen molar-refractivity contribution in [1.29, 1.82) is 0 Å². The van der Waals surface area contributed by atoms with Crippen molar-refractivity contribution in [2.45, 2.75) is 26.4 Å². The topological polar surface area (TPSA) is 47.4 Å². The molecule has 1 aliphatic heterocycles. The van der Waals surface area contributed by atoms with E-state index in [1.54, 1.807) is 0 Å². The van der Waals surface area contributed by atoms with E-state index in [4.69, 9.17) is 4.74 Å². The molecule has 1 amide bonds. The average molecular weight is 349 g/mol. The number of aromatic nitrogens is 2. The standard InChI is InChI=1S/C21H23N3O2/c1-3-18-14-23(11-12-26-18)21(25)16-9-10-20-19(13-16)22-15(2)24(20)17-7-5-4-6-8-17/h4-10,13,18H,3,11-12,14H2,1-2H3. The maximum absolute atomic E-state index is 12.9. The van der Waals surface area contributed by atoms with E-state index >= 15 is 0 Å². The number of hydrogen-bond donors (Lipinski definition) is 0. The van der Waals surface area contributed by atoms with E-state index < -0.39 is 0 Å². The van der Waals surface area contributed by atoms with Crippen molar-refractivity contribution in [1.82, 2.24) is 14.5 Å². The molecule has 5 nitrogen and oxygen atoms in total. The molecule has 0 N–H and O–H groups in total. The number of aryl methyl sites for hydroxylation is 1. The first-order valence-corrected chi connectivity index (χ1v) is 9.12. The minimum Gasteiger partial charge on any atom is -0.375 e. The number of benzene rings is 2. The van der Waals surface area contributed by atoms with Gasteiger partial charge in [0.1, 0.15) is 5.82 Å². The number of amides is 1. The molecular formula is C21H23N3O2. The summed E-state index contributed by atoms with van der Waals surface area (Å²) in [5.74, 6) is 0.966. The van der Waals surface area contributed by atoms with E-state index in [0.29, 0.717) is 25.3 Å². The molecule has 0 spiro atoms. The summed E-state index contributed by atoms with van der Waals surface area (Å²) in [4.78, 5) is 19.5. The quantitative estimate of drug-likeness (QED) is 0.726. The molecule has 0 radical (unpaired) electrons. The predicted octanol–water partition coefficient (Wildman–Crippen LogP) is 3.58. The van der Waals surface area contributed by atoms with Gasteiger partial charge in [0, 0.05) is 24.3 Å². The van der Waals surface area contributed by atoms with Gasteiger partial charge >= 0.3 is 0 Å². The Morgan fingerprint density at radius 3 is 2.81 bits per heavy atom. The molecule has 1 unspecified atom stereocenters. The minimum absolute atomic E-state index is 0.0561. The summed E-state index contributed by atoms with van der Waals surface area (Å²) in [5.41, 5.74) is 3.62. The van der Waals surface area contributed by atoms with Crippen LogP contribution in [-0.4, -0.2) is 46.2 Å². The molecule has 5 heteroatoms. The highest BCUT2D eigenvalue weighted by Gasteiger charge is 2.24. The summed E-state index contributed by atoms with van der Waals surface area (Å²) >= 11 is 0. The van der Waals surface area contributed by atoms with Gasteiger partial charge in [0.25, 0.3) is 5.91 Å². The van der Waals surface area contributed by atoms with Crippen LogP contribution in [0.15, 0.2) is 48.5 Å². The molecule has 0 bridgehead atoms. The minimum atomic E-state index is 0.0561. The third-order valence-corrected chi connectivity index (χ3v) is 4.96. The predicted molar refractivity (Wildman–Crippen MR) is 102 cm³/mol. The zero-order chi connectivity index (χ0) is 18.1. The lowest BCUT2D eigenvalue weighted by molar-refractivity contribution is -0.0226. The second-order valence-electron chi connectivity index (χ2n) is 6.69. The van der Waals surface area contributed by atoms with Gasteiger partial charge in [-0.2, -0.15) is 0 Å². The summed E-state index contributed by atoms with van der Waals surface area (Å²) in [7, 11) is 0. The van der Waals surface area contributed by atoms with Gasteiger partial charge in [-0.3, -0.25) is 9.36 Å². The summed E-state index contributed by atoms with van der Waals surface area (Å²) < 4.78 is 7.79. The highest BCUT2D eigenvalue weighted by atomic mass is 16.5. The molecule has 4 rings (SSSR count). The molecular weight excluding hydrogens is 326 g/mol. The van der Waals surface area contributed by atoms with Gasteiger partial charge in [-0.05, 0) is 43.7 Å². The van der Waals surface area contributed by atoms with Crippen LogP contribution in [0.2, 0.25) is 0 Å². The fourth-order valence-electron chi connectivity index (χ4n) is 3.57. The molecule has 1 aromatic heterocycles. The molecule has 1 fully saturated rings. The summed E-state index contributed by atoms with van der Waals surface area (Å²) in [6.45, 7) is 5.98. The summed E-state index contributed by atoms with van der Waals surface area (Å²) in [5, 5.41) is 0. The van der Waals surface area contributed by atoms with Crippen molar-refractivity contribution in [2.75, 3.05) is 19.7 Å². The number of nitrogens with zero attached hydrogens (tertiary/aromatic N) is 3. The number of fused-ring (bicyclic) bond motifs is 1. The van der Waals surface area contributed by atoms with Crippen LogP contribution in [0.1, 0.15) is 29.5 Å². The first-order chi connectivity index (χ1) is 12.7. The molecule has 2 heterocycles. The first-order valence-electron chi connectivity index (χ1n) is 9.12. The number of para-hydroxylation sites is 1. The second-order valence-corrected chi connectivity index (χ2v) is 6.69. The maximum atomic E-state index is 12.9. The van der Waals surface area contributed by atoms with E-state index in [0.717, 1.165) is 29.0 Å². The molecule has 0 saturated carbocycles.